The van der Waals surface area contributed by atoms with Gasteiger partial charge in [-0.1, -0.05) is 13.0 Å². The average Bonchev–Trinajstić information content (AvgIpc) is 2.41. The Bertz CT molecular complexity index is 436. The average molecular weight is 268 g/mol. The minimum Gasteiger partial charge on any atom is -0.497 e. The van der Waals surface area contributed by atoms with Crippen molar-refractivity contribution in [3.8, 4) is 5.75 Å². The molecular formula is C14H18ClNO2. The predicted octanol–water partition coefficient (Wildman–Crippen LogP) is 2.78. The third-order valence-electron chi connectivity index (χ3n) is 3.47. The second-order valence-corrected chi connectivity index (χ2v) is 5.33. The molecule has 2 unspecified atom stereocenters. The van der Waals surface area contributed by atoms with Crippen LogP contribution in [0.15, 0.2) is 24.3 Å². The topological polar surface area (TPSA) is 29.5 Å². The van der Waals surface area contributed by atoms with E-state index in [0.717, 1.165) is 13.0 Å². The molecule has 1 aromatic carbocycles. The van der Waals surface area contributed by atoms with Crippen molar-refractivity contribution < 1.29 is 9.53 Å². The molecule has 1 amide bonds. The predicted molar refractivity (Wildman–Crippen MR) is 72.3 cm³/mol. The van der Waals surface area contributed by atoms with Gasteiger partial charge in [-0.3, -0.25) is 4.79 Å². The number of carbonyl (C=O) groups is 1. The molecule has 0 spiro atoms. The first-order valence-electron chi connectivity index (χ1n) is 6.19. The Labute approximate surface area is 113 Å². The fourth-order valence-electron chi connectivity index (χ4n) is 2.15. The number of alkyl halides is 1. The van der Waals surface area contributed by atoms with Crippen molar-refractivity contribution in [2.24, 2.45) is 5.92 Å². The third-order valence-corrected chi connectivity index (χ3v) is 4.04. The van der Waals surface area contributed by atoms with Gasteiger partial charge in [0.05, 0.1) is 12.5 Å². The Kier molecular flexibility index (Phi) is 4.12. The van der Waals surface area contributed by atoms with Gasteiger partial charge >= 0.3 is 0 Å². The van der Waals surface area contributed by atoms with E-state index in [1.807, 2.05) is 23.1 Å². The SMILES string of the molecule is COc1cccc(C(=O)N2CCC(C)C(Cl)C2)c1. The molecule has 1 saturated heterocycles. The van der Waals surface area contributed by atoms with Crippen molar-refractivity contribution in [3.63, 3.8) is 0 Å². The summed E-state index contributed by atoms with van der Waals surface area (Å²) >= 11 is 6.23. The number of carbonyl (C=O) groups excluding carboxylic acids is 1. The maximum absolute atomic E-state index is 12.3. The number of likely N-dealkylation sites (tertiary alicyclic amines) is 1. The first kappa shape index (κ1) is 13.2. The molecule has 0 aliphatic carbocycles. The van der Waals surface area contributed by atoms with Gasteiger partial charge in [0, 0.05) is 18.7 Å². The van der Waals surface area contributed by atoms with Crippen LogP contribution in [-0.4, -0.2) is 36.4 Å². The quantitative estimate of drug-likeness (QED) is 0.771. The summed E-state index contributed by atoms with van der Waals surface area (Å²) in [5, 5.41) is 0.0494. The van der Waals surface area contributed by atoms with Gasteiger partial charge in [0.25, 0.3) is 5.91 Å². The number of methoxy groups -OCH3 is 1. The van der Waals surface area contributed by atoms with Gasteiger partial charge in [-0.15, -0.1) is 11.6 Å². The second kappa shape index (κ2) is 5.61. The minimum absolute atomic E-state index is 0.0338. The van der Waals surface area contributed by atoms with Gasteiger partial charge in [0.1, 0.15) is 5.75 Å². The molecule has 2 atom stereocenters. The molecule has 0 bridgehead atoms. The highest BCUT2D eigenvalue weighted by atomic mass is 35.5. The van der Waals surface area contributed by atoms with Crippen LogP contribution in [-0.2, 0) is 0 Å². The van der Waals surface area contributed by atoms with E-state index in [1.54, 1.807) is 13.2 Å². The number of nitrogens with zero attached hydrogens (tertiary/aromatic N) is 1. The van der Waals surface area contributed by atoms with Crippen LogP contribution in [0.25, 0.3) is 0 Å². The second-order valence-electron chi connectivity index (χ2n) is 4.77. The van der Waals surface area contributed by atoms with Crippen molar-refractivity contribution in [3.05, 3.63) is 29.8 Å². The highest BCUT2D eigenvalue weighted by Crippen LogP contribution is 2.23. The molecule has 0 saturated carbocycles. The molecule has 2 rings (SSSR count). The van der Waals surface area contributed by atoms with Crippen LogP contribution in [0.2, 0.25) is 0 Å². The van der Waals surface area contributed by atoms with E-state index < -0.39 is 0 Å². The van der Waals surface area contributed by atoms with Crippen molar-refractivity contribution in [1.82, 2.24) is 4.90 Å². The van der Waals surface area contributed by atoms with Crippen LogP contribution in [0.3, 0.4) is 0 Å². The molecule has 1 heterocycles. The number of ether oxygens (including phenoxy) is 1. The maximum atomic E-state index is 12.3. The normalized spacial score (nSPS) is 23.8. The lowest BCUT2D eigenvalue weighted by Crippen LogP contribution is -2.43. The molecule has 0 aromatic heterocycles. The molecule has 4 heteroatoms. The number of hydrogen-bond donors (Lipinski definition) is 0. The highest BCUT2D eigenvalue weighted by molar-refractivity contribution is 6.21. The first-order chi connectivity index (χ1) is 8.61. The minimum atomic E-state index is 0.0338. The Morgan fingerprint density at radius 1 is 1.50 bits per heavy atom. The number of piperidine rings is 1. The van der Waals surface area contributed by atoms with Crippen LogP contribution >= 0.6 is 11.6 Å². The third kappa shape index (κ3) is 2.78. The number of rotatable bonds is 2. The van der Waals surface area contributed by atoms with Crippen LogP contribution in [0, 0.1) is 5.92 Å². The van der Waals surface area contributed by atoms with E-state index in [1.165, 1.54) is 0 Å². The van der Waals surface area contributed by atoms with Gasteiger partial charge in [-0.2, -0.15) is 0 Å². The number of amides is 1. The van der Waals surface area contributed by atoms with Crippen LogP contribution in [0.1, 0.15) is 23.7 Å². The summed E-state index contributed by atoms with van der Waals surface area (Å²) in [7, 11) is 1.60. The molecule has 3 nitrogen and oxygen atoms in total. The van der Waals surface area contributed by atoms with E-state index in [2.05, 4.69) is 6.92 Å². The Balaban J connectivity index is 2.11. The molecule has 1 aliphatic rings. The lowest BCUT2D eigenvalue weighted by molar-refractivity contribution is 0.0701. The van der Waals surface area contributed by atoms with E-state index >= 15 is 0 Å². The highest BCUT2D eigenvalue weighted by Gasteiger charge is 2.27. The van der Waals surface area contributed by atoms with Crippen LogP contribution in [0.4, 0.5) is 0 Å². The van der Waals surface area contributed by atoms with Crippen molar-refractivity contribution in [1.29, 1.82) is 0 Å². The number of halogens is 1. The molecular weight excluding hydrogens is 250 g/mol. The van der Waals surface area contributed by atoms with Crippen LogP contribution < -0.4 is 4.74 Å². The fourth-order valence-corrected chi connectivity index (χ4v) is 2.44. The summed E-state index contributed by atoms with van der Waals surface area (Å²) in [6.45, 7) is 3.53. The number of hydrogen-bond acceptors (Lipinski definition) is 2. The van der Waals surface area contributed by atoms with Gasteiger partial charge in [0.15, 0.2) is 0 Å². The molecule has 1 aromatic rings. The van der Waals surface area contributed by atoms with Gasteiger partial charge in [-0.25, -0.2) is 0 Å². The monoisotopic (exact) mass is 267 g/mol. The fraction of sp³-hybridized carbons (Fsp3) is 0.500. The summed E-state index contributed by atoms with van der Waals surface area (Å²) in [6.07, 6.45) is 0.962. The lowest BCUT2D eigenvalue weighted by atomic mass is 9.98. The van der Waals surface area contributed by atoms with E-state index in [-0.39, 0.29) is 11.3 Å². The molecule has 1 aliphatic heterocycles. The molecule has 1 fully saturated rings. The summed E-state index contributed by atoms with van der Waals surface area (Å²) < 4.78 is 5.13. The lowest BCUT2D eigenvalue weighted by Gasteiger charge is -2.34. The van der Waals surface area contributed by atoms with Gasteiger partial charge in [-0.05, 0) is 30.5 Å². The van der Waals surface area contributed by atoms with Crippen molar-refractivity contribution in [2.75, 3.05) is 20.2 Å². The summed E-state index contributed by atoms with van der Waals surface area (Å²) in [4.78, 5) is 14.2. The van der Waals surface area contributed by atoms with E-state index in [4.69, 9.17) is 16.3 Å². The van der Waals surface area contributed by atoms with Crippen LogP contribution in [0.5, 0.6) is 5.75 Å². The van der Waals surface area contributed by atoms with Gasteiger partial charge < -0.3 is 9.64 Å². The molecule has 0 N–H and O–H groups in total. The van der Waals surface area contributed by atoms with Gasteiger partial charge in [0.2, 0.25) is 0 Å². The zero-order valence-corrected chi connectivity index (χ0v) is 11.5. The molecule has 98 valence electrons. The Morgan fingerprint density at radius 3 is 2.94 bits per heavy atom. The zero-order valence-electron chi connectivity index (χ0n) is 10.7. The maximum Gasteiger partial charge on any atom is 0.254 e. The Morgan fingerprint density at radius 2 is 2.28 bits per heavy atom. The summed E-state index contributed by atoms with van der Waals surface area (Å²) in [6, 6.07) is 7.24. The van der Waals surface area contributed by atoms with E-state index in [0.29, 0.717) is 23.8 Å². The Hall–Kier alpha value is -1.22. The largest absolute Gasteiger partial charge is 0.497 e. The smallest absolute Gasteiger partial charge is 0.254 e. The first-order valence-corrected chi connectivity index (χ1v) is 6.63. The van der Waals surface area contributed by atoms with Crippen molar-refractivity contribution >= 4 is 17.5 Å². The molecule has 18 heavy (non-hydrogen) atoms. The zero-order chi connectivity index (χ0) is 13.1. The van der Waals surface area contributed by atoms with Crippen molar-refractivity contribution in [2.45, 2.75) is 18.7 Å². The van der Waals surface area contributed by atoms with E-state index in [9.17, 15) is 4.79 Å². The standard InChI is InChI=1S/C14H18ClNO2/c1-10-6-7-16(9-13(10)15)14(17)11-4-3-5-12(8-11)18-2/h3-5,8,10,13H,6-7,9H2,1-2H3. The molecule has 0 radical (unpaired) electrons. The summed E-state index contributed by atoms with van der Waals surface area (Å²) in [5.74, 6) is 1.21. The summed E-state index contributed by atoms with van der Waals surface area (Å²) in [5.41, 5.74) is 0.660. The number of benzene rings is 1.